The van der Waals surface area contributed by atoms with Gasteiger partial charge >= 0.3 is 0 Å². The predicted octanol–water partition coefficient (Wildman–Crippen LogP) is 1.87. The highest BCUT2D eigenvalue weighted by Gasteiger charge is 2.20. The van der Waals surface area contributed by atoms with Crippen LogP contribution in [-0.2, 0) is 4.79 Å². The van der Waals surface area contributed by atoms with Gasteiger partial charge < -0.3 is 14.4 Å². The second-order valence-electron chi connectivity index (χ2n) is 4.04. The summed E-state index contributed by atoms with van der Waals surface area (Å²) < 4.78 is 10.7. The van der Waals surface area contributed by atoms with Crippen molar-refractivity contribution in [3.8, 4) is 11.5 Å². The minimum Gasteiger partial charge on any atom is -0.493 e. The number of nitrogens with zero attached hydrogens (tertiary/aromatic N) is 1. The van der Waals surface area contributed by atoms with Crippen LogP contribution in [0.1, 0.15) is 12.8 Å². The lowest BCUT2D eigenvalue weighted by molar-refractivity contribution is -0.119. The van der Waals surface area contributed by atoms with E-state index in [1.807, 2.05) is 18.2 Å². The predicted molar refractivity (Wildman–Crippen MR) is 66.0 cm³/mol. The van der Waals surface area contributed by atoms with Crippen LogP contribution in [-0.4, -0.2) is 33.1 Å². The van der Waals surface area contributed by atoms with Gasteiger partial charge in [-0.2, -0.15) is 0 Å². The molecule has 0 bridgehead atoms. The van der Waals surface area contributed by atoms with Crippen molar-refractivity contribution < 1.29 is 14.3 Å². The standard InChI is InChI=1S/C13H17NO3/c1-16-12-5-3-4-11(13(12)17-2)14-8-6-10(15)7-9-14/h3-5H,6-9H2,1-2H3. The largest absolute Gasteiger partial charge is 0.493 e. The summed E-state index contributed by atoms with van der Waals surface area (Å²) in [7, 11) is 3.26. The maximum atomic E-state index is 11.2. The van der Waals surface area contributed by atoms with Crippen molar-refractivity contribution in [3.63, 3.8) is 0 Å². The highest BCUT2D eigenvalue weighted by Crippen LogP contribution is 2.37. The van der Waals surface area contributed by atoms with Crippen molar-refractivity contribution in [2.45, 2.75) is 12.8 Å². The lowest BCUT2D eigenvalue weighted by atomic mass is 10.1. The van der Waals surface area contributed by atoms with E-state index in [9.17, 15) is 4.79 Å². The molecule has 0 aliphatic carbocycles. The number of para-hydroxylation sites is 1. The van der Waals surface area contributed by atoms with Crippen LogP contribution in [0.2, 0.25) is 0 Å². The summed E-state index contributed by atoms with van der Waals surface area (Å²) in [6.07, 6.45) is 1.22. The molecule has 1 aliphatic rings. The first-order valence-electron chi connectivity index (χ1n) is 5.74. The first kappa shape index (κ1) is 11.8. The minimum absolute atomic E-state index is 0.336. The number of hydrogen-bond acceptors (Lipinski definition) is 4. The third-order valence-electron chi connectivity index (χ3n) is 3.04. The normalized spacial score (nSPS) is 15.9. The van der Waals surface area contributed by atoms with Crippen LogP contribution in [0.3, 0.4) is 0 Å². The second-order valence-corrected chi connectivity index (χ2v) is 4.04. The molecule has 1 aromatic rings. The molecule has 0 N–H and O–H groups in total. The molecule has 1 aromatic carbocycles. The van der Waals surface area contributed by atoms with E-state index in [0.29, 0.717) is 18.6 Å². The van der Waals surface area contributed by atoms with Crippen LogP contribution < -0.4 is 14.4 Å². The molecule has 1 saturated heterocycles. The number of piperidine rings is 1. The molecule has 4 nitrogen and oxygen atoms in total. The molecule has 1 fully saturated rings. The molecule has 4 heteroatoms. The van der Waals surface area contributed by atoms with Crippen molar-refractivity contribution >= 4 is 11.5 Å². The Morgan fingerprint density at radius 1 is 1.12 bits per heavy atom. The Balaban J connectivity index is 2.28. The number of methoxy groups -OCH3 is 2. The second kappa shape index (κ2) is 5.08. The smallest absolute Gasteiger partial charge is 0.184 e. The molecule has 0 unspecified atom stereocenters. The number of benzene rings is 1. The molecule has 0 spiro atoms. The molecule has 1 aliphatic heterocycles. The number of carbonyl (C=O) groups excluding carboxylic acids is 1. The molecule has 0 saturated carbocycles. The van der Waals surface area contributed by atoms with Gasteiger partial charge in [0, 0.05) is 25.9 Å². The van der Waals surface area contributed by atoms with E-state index in [0.717, 1.165) is 30.3 Å². The number of hydrogen-bond donors (Lipinski definition) is 0. The van der Waals surface area contributed by atoms with Crippen molar-refractivity contribution in [2.24, 2.45) is 0 Å². The highest BCUT2D eigenvalue weighted by atomic mass is 16.5. The molecular formula is C13H17NO3. The van der Waals surface area contributed by atoms with Crippen LogP contribution in [0.5, 0.6) is 11.5 Å². The van der Waals surface area contributed by atoms with Crippen LogP contribution in [0, 0.1) is 0 Å². The fraction of sp³-hybridized carbons (Fsp3) is 0.462. The van der Waals surface area contributed by atoms with Gasteiger partial charge in [-0.3, -0.25) is 4.79 Å². The van der Waals surface area contributed by atoms with E-state index in [1.165, 1.54) is 0 Å². The number of ether oxygens (including phenoxy) is 2. The molecule has 0 atom stereocenters. The van der Waals surface area contributed by atoms with E-state index in [-0.39, 0.29) is 0 Å². The Morgan fingerprint density at radius 2 is 1.82 bits per heavy atom. The Kier molecular flexibility index (Phi) is 3.52. The van der Waals surface area contributed by atoms with Gasteiger partial charge in [-0.15, -0.1) is 0 Å². The van der Waals surface area contributed by atoms with Crippen LogP contribution in [0.15, 0.2) is 18.2 Å². The number of rotatable bonds is 3. The summed E-state index contributed by atoms with van der Waals surface area (Å²) in [5.74, 6) is 1.80. The lowest BCUT2D eigenvalue weighted by Gasteiger charge is -2.29. The zero-order chi connectivity index (χ0) is 12.3. The summed E-state index contributed by atoms with van der Waals surface area (Å²) in [4.78, 5) is 13.4. The van der Waals surface area contributed by atoms with Gasteiger partial charge in [0.25, 0.3) is 0 Å². The van der Waals surface area contributed by atoms with Gasteiger partial charge in [-0.25, -0.2) is 0 Å². The Morgan fingerprint density at radius 3 is 2.41 bits per heavy atom. The fourth-order valence-corrected chi connectivity index (χ4v) is 2.12. The number of carbonyl (C=O) groups is 1. The van der Waals surface area contributed by atoms with Crippen LogP contribution in [0.25, 0.3) is 0 Å². The number of anilines is 1. The van der Waals surface area contributed by atoms with Gasteiger partial charge in [-0.05, 0) is 12.1 Å². The molecule has 1 heterocycles. The molecule has 2 rings (SSSR count). The Labute approximate surface area is 101 Å². The topological polar surface area (TPSA) is 38.8 Å². The molecular weight excluding hydrogens is 218 g/mol. The molecule has 17 heavy (non-hydrogen) atoms. The van der Waals surface area contributed by atoms with Crippen LogP contribution in [0.4, 0.5) is 5.69 Å². The van der Waals surface area contributed by atoms with E-state index < -0.39 is 0 Å². The summed E-state index contributed by atoms with van der Waals surface area (Å²) in [5.41, 5.74) is 0.999. The van der Waals surface area contributed by atoms with Crippen molar-refractivity contribution in [2.75, 3.05) is 32.2 Å². The summed E-state index contributed by atoms with van der Waals surface area (Å²) in [6.45, 7) is 1.50. The van der Waals surface area contributed by atoms with Gasteiger partial charge in [0.2, 0.25) is 0 Å². The molecule has 0 radical (unpaired) electrons. The van der Waals surface area contributed by atoms with Gasteiger partial charge in [0.05, 0.1) is 19.9 Å². The number of ketones is 1. The Bertz CT molecular complexity index is 407. The van der Waals surface area contributed by atoms with Crippen molar-refractivity contribution in [1.29, 1.82) is 0 Å². The van der Waals surface area contributed by atoms with E-state index in [2.05, 4.69) is 4.90 Å². The fourth-order valence-electron chi connectivity index (χ4n) is 2.12. The van der Waals surface area contributed by atoms with Crippen LogP contribution >= 0.6 is 0 Å². The summed E-state index contributed by atoms with van der Waals surface area (Å²) in [5, 5.41) is 0. The zero-order valence-corrected chi connectivity index (χ0v) is 10.2. The molecule has 92 valence electrons. The number of Topliss-reactive ketones (excluding diaryl/α,β-unsaturated/α-hetero) is 1. The van der Waals surface area contributed by atoms with E-state index >= 15 is 0 Å². The minimum atomic E-state index is 0.336. The first-order valence-corrected chi connectivity index (χ1v) is 5.74. The highest BCUT2D eigenvalue weighted by molar-refractivity contribution is 5.81. The maximum Gasteiger partial charge on any atom is 0.184 e. The summed E-state index contributed by atoms with van der Waals surface area (Å²) in [6, 6.07) is 5.81. The van der Waals surface area contributed by atoms with E-state index in [4.69, 9.17) is 9.47 Å². The quantitative estimate of drug-likeness (QED) is 0.801. The van der Waals surface area contributed by atoms with E-state index in [1.54, 1.807) is 14.2 Å². The van der Waals surface area contributed by atoms with Crippen molar-refractivity contribution in [1.82, 2.24) is 0 Å². The average Bonchev–Trinajstić information content (AvgIpc) is 2.38. The Hall–Kier alpha value is -1.71. The third-order valence-corrected chi connectivity index (χ3v) is 3.04. The van der Waals surface area contributed by atoms with Gasteiger partial charge in [0.15, 0.2) is 11.5 Å². The first-order chi connectivity index (χ1) is 8.26. The lowest BCUT2D eigenvalue weighted by Crippen LogP contribution is -2.33. The van der Waals surface area contributed by atoms with Gasteiger partial charge in [-0.1, -0.05) is 6.07 Å². The third kappa shape index (κ3) is 2.35. The summed E-state index contributed by atoms with van der Waals surface area (Å²) >= 11 is 0. The maximum absolute atomic E-state index is 11.2. The van der Waals surface area contributed by atoms with Gasteiger partial charge in [0.1, 0.15) is 5.78 Å². The average molecular weight is 235 g/mol. The van der Waals surface area contributed by atoms with Crippen molar-refractivity contribution in [3.05, 3.63) is 18.2 Å². The zero-order valence-electron chi connectivity index (χ0n) is 10.2. The molecule has 0 amide bonds. The monoisotopic (exact) mass is 235 g/mol. The molecule has 0 aromatic heterocycles. The SMILES string of the molecule is COc1cccc(N2CCC(=O)CC2)c1OC.